The summed E-state index contributed by atoms with van der Waals surface area (Å²) in [7, 11) is 1.69. The van der Waals surface area contributed by atoms with Gasteiger partial charge in [0.2, 0.25) is 0 Å². The highest BCUT2D eigenvalue weighted by molar-refractivity contribution is 7.07. The lowest BCUT2D eigenvalue weighted by Gasteiger charge is -2.16. The van der Waals surface area contributed by atoms with Crippen LogP contribution in [0.3, 0.4) is 0 Å². The average molecular weight is 420 g/mol. The Bertz CT molecular complexity index is 1180. The summed E-state index contributed by atoms with van der Waals surface area (Å²) in [5, 5.41) is 3.95. The van der Waals surface area contributed by atoms with Gasteiger partial charge in [0.1, 0.15) is 5.82 Å². The monoisotopic (exact) mass is 419 g/mol. The molecule has 30 heavy (non-hydrogen) atoms. The molecule has 0 unspecified atom stereocenters. The molecule has 4 rings (SSSR count). The molecule has 0 radical (unpaired) electrons. The standard InChI is InChI=1S/C23H21N3O3S/c1-16-24-20-12-18(8-9-21(20)26(16)19-6-4-3-5-7-19)23(28)29-14-22(27)25(2)13-17-10-11-30-15-17/h3-12,15H,13-14H2,1-2H3. The van der Waals surface area contributed by atoms with Crippen molar-refractivity contribution in [3.8, 4) is 5.69 Å². The van der Waals surface area contributed by atoms with E-state index in [0.717, 1.165) is 22.6 Å². The lowest BCUT2D eigenvalue weighted by atomic mass is 10.2. The first-order chi connectivity index (χ1) is 14.5. The second kappa shape index (κ2) is 8.51. The van der Waals surface area contributed by atoms with Crippen molar-refractivity contribution < 1.29 is 14.3 Å². The number of nitrogens with zero attached hydrogens (tertiary/aromatic N) is 3. The smallest absolute Gasteiger partial charge is 0.338 e. The molecule has 2 aromatic carbocycles. The van der Waals surface area contributed by atoms with E-state index in [0.29, 0.717) is 17.6 Å². The Labute approximate surface area is 178 Å². The molecular formula is C23H21N3O3S. The van der Waals surface area contributed by atoms with Gasteiger partial charge in [0.25, 0.3) is 5.91 Å². The van der Waals surface area contributed by atoms with Gasteiger partial charge in [-0.25, -0.2) is 9.78 Å². The summed E-state index contributed by atoms with van der Waals surface area (Å²) >= 11 is 1.58. The molecular weight excluding hydrogens is 398 g/mol. The fourth-order valence-electron chi connectivity index (χ4n) is 3.30. The van der Waals surface area contributed by atoms with Crippen molar-refractivity contribution in [2.24, 2.45) is 0 Å². The number of benzene rings is 2. The molecule has 0 aliphatic heterocycles. The van der Waals surface area contributed by atoms with Crippen molar-refractivity contribution >= 4 is 34.2 Å². The number of aryl methyl sites for hydroxylation is 1. The van der Waals surface area contributed by atoms with Crippen LogP contribution in [0.2, 0.25) is 0 Å². The number of para-hydroxylation sites is 1. The van der Waals surface area contributed by atoms with Crippen molar-refractivity contribution in [2.45, 2.75) is 13.5 Å². The highest BCUT2D eigenvalue weighted by atomic mass is 32.1. The number of ether oxygens (including phenoxy) is 1. The van der Waals surface area contributed by atoms with E-state index in [4.69, 9.17) is 4.74 Å². The first-order valence-electron chi connectivity index (χ1n) is 9.49. The minimum atomic E-state index is -0.541. The number of carbonyl (C=O) groups is 2. The highest BCUT2D eigenvalue weighted by Crippen LogP contribution is 2.22. The molecule has 0 aliphatic carbocycles. The molecule has 0 atom stereocenters. The quantitative estimate of drug-likeness (QED) is 0.439. The first-order valence-corrected chi connectivity index (χ1v) is 10.4. The summed E-state index contributed by atoms with van der Waals surface area (Å²) in [4.78, 5) is 30.9. The number of likely N-dealkylation sites (N-methyl/N-ethyl adjacent to an activating group) is 1. The molecule has 7 heteroatoms. The SMILES string of the molecule is Cc1nc2cc(C(=O)OCC(=O)N(C)Cc3ccsc3)ccc2n1-c1ccccc1. The summed E-state index contributed by atoms with van der Waals surface area (Å²) in [6.45, 7) is 2.12. The maximum Gasteiger partial charge on any atom is 0.338 e. The van der Waals surface area contributed by atoms with E-state index in [1.165, 1.54) is 0 Å². The van der Waals surface area contributed by atoms with Gasteiger partial charge in [0.15, 0.2) is 6.61 Å². The maximum atomic E-state index is 12.5. The average Bonchev–Trinajstić information content (AvgIpc) is 3.38. The van der Waals surface area contributed by atoms with E-state index in [1.807, 2.05) is 64.7 Å². The van der Waals surface area contributed by atoms with Gasteiger partial charge >= 0.3 is 5.97 Å². The Morgan fingerprint density at radius 3 is 2.67 bits per heavy atom. The topological polar surface area (TPSA) is 64.4 Å². The summed E-state index contributed by atoms with van der Waals surface area (Å²) in [6.07, 6.45) is 0. The number of amides is 1. The van der Waals surface area contributed by atoms with Crippen LogP contribution >= 0.6 is 11.3 Å². The molecule has 0 bridgehead atoms. The van der Waals surface area contributed by atoms with Crippen molar-refractivity contribution in [2.75, 3.05) is 13.7 Å². The number of rotatable bonds is 6. The molecule has 2 aromatic heterocycles. The zero-order valence-corrected chi connectivity index (χ0v) is 17.6. The number of esters is 1. The van der Waals surface area contributed by atoms with Crippen LogP contribution in [0.25, 0.3) is 16.7 Å². The third-order valence-electron chi connectivity index (χ3n) is 4.82. The van der Waals surface area contributed by atoms with E-state index in [1.54, 1.807) is 35.4 Å². The van der Waals surface area contributed by atoms with Crippen molar-refractivity contribution in [1.29, 1.82) is 0 Å². The van der Waals surface area contributed by atoms with Crippen molar-refractivity contribution in [1.82, 2.24) is 14.5 Å². The minimum Gasteiger partial charge on any atom is -0.452 e. The third-order valence-corrected chi connectivity index (χ3v) is 5.56. The summed E-state index contributed by atoms with van der Waals surface area (Å²) < 4.78 is 7.27. The van der Waals surface area contributed by atoms with Gasteiger partial charge in [0.05, 0.1) is 16.6 Å². The summed E-state index contributed by atoms with van der Waals surface area (Å²) in [5.74, 6) is 0.0351. The number of hydrogen-bond donors (Lipinski definition) is 0. The molecule has 0 N–H and O–H groups in total. The molecule has 4 aromatic rings. The van der Waals surface area contributed by atoms with E-state index >= 15 is 0 Å². The van der Waals surface area contributed by atoms with Crippen LogP contribution in [0.1, 0.15) is 21.7 Å². The van der Waals surface area contributed by atoms with Gasteiger partial charge in [-0.1, -0.05) is 18.2 Å². The van der Waals surface area contributed by atoms with Crippen molar-refractivity contribution in [3.05, 3.63) is 82.3 Å². The highest BCUT2D eigenvalue weighted by Gasteiger charge is 2.16. The van der Waals surface area contributed by atoms with Crippen LogP contribution in [0.4, 0.5) is 0 Å². The molecule has 6 nitrogen and oxygen atoms in total. The van der Waals surface area contributed by atoms with Gasteiger partial charge in [-0.2, -0.15) is 11.3 Å². The number of carbonyl (C=O) groups excluding carboxylic acids is 2. The molecule has 0 spiro atoms. The fraction of sp³-hybridized carbons (Fsp3) is 0.174. The molecule has 0 aliphatic rings. The Balaban J connectivity index is 1.45. The van der Waals surface area contributed by atoms with Gasteiger partial charge in [-0.3, -0.25) is 9.36 Å². The number of thiophene rings is 1. The Morgan fingerprint density at radius 1 is 1.13 bits per heavy atom. The second-order valence-electron chi connectivity index (χ2n) is 6.99. The number of imidazole rings is 1. The Kier molecular flexibility index (Phi) is 5.63. The fourth-order valence-corrected chi connectivity index (χ4v) is 3.96. The molecule has 0 saturated carbocycles. The van der Waals surface area contributed by atoms with E-state index < -0.39 is 5.97 Å². The molecule has 0 saturated heterocycles. The Hall–Kier alpha value is -3.45. The lowest BCUT2D eigenvalue weighted by molar-refractivity contribution is -0.133. The van der Waals surface area contributed by atoms with Crippen LogP contribution in [-0.4, -0.2) is 40.0 Å². The maximum absolute atomic E-state index is 12.5. The van der Waals surface area contributed by atoms with Gasteiger partial charge < -0.3 is 9.64 Å². The second-order valence-corrected chi connectivity index (χ2v) is 7.77. The summed E-state index contributed by atoms with van der Waals surface area (Å²) in [6, 6.07) is 17.1. The van der Waals surface area contributed by atoms with Gasteiger partial charge in [-0.15, -0.1) is 0 Å². The minimum absolute atomic E-state index is 0.250. The van der Waals surface area contributed by atoms with Crippen LogP contribution in [-0.2, 0) is 16.1 Å². The Morgan fingerprint density at radius 2 is 1.93 bits per heavy atom. The van der Waals surface area contributed by atoms with Crippen LogP contribution in [0.5, 0.6) is 0 Å². The van der Waals surface area contributed by atoms with Crippen LogP contribution in [0, 0.1) is 6.92 Å². The predicted octanol–water partition coefficient (Wildman–Crippen LogP) is 4.21. The van der Waals surface area contributed by atoms with E-state index in [9.17, 15) is 9.59 Å². The molecule has 152 valence electrons. The first kappa shape index (κ1) is 19.8. The van der Waals surface area contributed by atoms with Crippen LogP contribution in [0.15, 0.2) is 65.4 Å². The number of hydrogen-bond acceptors (Lipinski definition) is 5. The van der Waals surface area contributed by atoms with Gasteiger partial charge in [0, 0.05) is 19.3 Å². The zero-order valence-electron chi connectivity index (χ0n) is 16.7. The third kappa shape index (κ3) is 4.11. The normalized spacial score (nSPS) is 10.9. The van der Waals surface area contributed by atoms with Gasteiger partial charge in [-0.05, 0) is 59.6 Å². The van der Waals surface area contributed by atoms with Crippen LogP contribution < -0.4 is 0 Å². The molecule has 1 amide bonds. The predicted molar refractivity (Wildman–Crippen MR) is 117 cm³/mol. The molecule has 2 heterocycles. The number of aromatic nitrogens is 2. The number of fused-ring (bicyclic) bond motifs is 1. The van der Waals surface area contributed by atoms with E-state index in [-0.39, 0.29) is 12.5 Å². The summed E-state index contributed by atoms with van der Waals surface area (Å²) in [5.41, 5.74) is 4.03. The van der Waals surface area contributed by atoms with E-state index in [2.05, 4.69) is 4.98 Å². The lowest BCUT2D eigenvalue weighted by Crippen LogP contribution is -2.30. The van der Waals surface area contributed by atoms with Crippen molar-refractivity contribution in [3.63, 3.8) is 0 Å². The molecule has 0 fully saturated rings. The largest absolute Gasteiger partial charge is 0.452 e. The zero-order chi connectivity index (χ0) is 21.1.